The van der Waals surface area contributed by atoms with E-state index in [1.807, 2.05) is 48.5 Å². The number of fused-ring (bicyclic) bond motifs is 3. The van der Waals surface area contributed by atoms with Gasteiger partial charge in [-0.3, -0.25) is 4.79 Å². The summed E-state index contributed by atoms with van der Waals surface area (Å²) in [5, 5.41) is 14.6. The molecule has 1 aliphatic carbocycles. The third kappa shape index (κ3) is 13.4. The van der Waals surface area contributed by atoms with Crippen molar-refractivity contribution in [2.45, 2.75) is 24.8 Å². The van der Waals surface area contributed by atoms with Crippen LogP contribution in [0.3, 0.4) is 0 Å². The van der Waals surface area contributed by atoms with Crippen LogP contribution in [0.2, 0.25) is 0 Å². The number of aliphatic carboxylic acids is 1. The van der Waals surface area contributed by atoms with E-state index in [1.54, 1.807) is 7.11 Å². The zero-order valence-electron chi connectivity index (χ0n) is 26.4. The van der Waals surface area contributed by atoms with Crippen molar-refractivity contribution >= 4 is 18.0 Å². The Morgan fingerprint density at radius 2 is 1.20 bits per heavy atom. The predicted molar refractivity (Wildman–Crippen MR) is 168 cm³/mol. The highest BCUT2D eigenvalue weighted by atomic mass is 16.6. The summed E-state index contributed by atoms with van der Waals surface area (Å²) in [4.78, 5) is 36.4. The molecule has 1 aliphatic rings. The van der Waals surface area contributed by atoms with Gasteiger partial charge in [0.1, 0.15) is 12.6 Å². The molecule has 2 aromatic carbocycles. The van der Waals surface area contributed by atoms with Gasteiger partial charge in [0.05, 0.1) is 72.7 Å². The molecule has 0 heterocycles. The third-order valence-corrected chi connectivity index (χ3v) is 7.08. The summed E-state index contributed by atoms with van der Waals surface area (Å²) in [6.45, 7) is 5.29. The summed E-state index contributed by atoms with van der Waals surface area (Å²) in [5.41, 5.74) is 4.30. The summed E-state index contributed by atoms with van der Waals surface area (Å²) < 4.78 is 37.3. The minimum Gasteiger partial charge on any atom is -0.480 e. The lowest BCUT2D eigenvalue weighted by molar-refractivity contribution is -0.139. The highest BCUT2D eigenvalue weighted by molar-refractivity contribution is 5.82. The Balaban J connectivity index is 1.18. The van der Waals surface area contributed by atoms with E-state index < -0.39 is 18.1 Å². The van der Waals surface area contributed by atoms with E-state index in [0.717, 1.165) is 22.3 Å². The van der Waals surface area contributed by atoms with Crippen molar-refractivity contribution in [3.8, 4) is 11.1 Å². The van der Waals surface area contributed by atoms with Crippen molar-refractivity contribution in [2.75, 3.05) is 92.9 Å². The monoisotopic (exact) mass is 646 g/mol. The molecule has 0 aliphatic heterocycles. The molecule has 46 heavy (non-hydrogen) atoms. The maximum Gasteiger partial charge on any atom is 0.407 e. The topological polar surface area (TPSA) is 160 Å². The second kappa shape index (κ2) is 22.0. The van der Waals surface area contributed by atoms with E-state index in [0.29, 0.717) is 66.1 Å². The average Bonchev–Trinajstić information content (AvgIpc) is 3.38. The van der Waals surface area contributed by atoms with Crippen molar-refractivity contribution in [2.24, 2.45) is 0 Å². The molecule has 2 aromatic rings. The van der Waals surface area contributed by atoms with Gasteiger partial charge >= 0.3 is 12.1 Å². The smallest absolute Gasteiger partial charge is 0.407 e. The second-order valence-corrected chi connectivity index (χ2v) is 10.3. The van der Waals surface area contributed by atoms with Crippen LogP contribution in [0.1, 0.15) is 29.9 Å². The zero-order chi connectivity index (χ0) is 32.8. The van der Waals surface area contributed by atoms with Crippen LogP contribution in [0, 0.1) is 0 Å². The van der Waals surface area contributed by atoms with Crippen LogP contribution < -0.4 is 10.6 Å². The minimum atomic E-state index is -1.27. The van der Waals surface area contributed by atoms with Crippen molar-refractivity contribution in [3.63, 3.8) is 0 Å². The summed E-state index contributed by atoms with van der Waals surface area (Å²) >= 11 is 0. The van der Waals surface area contributed by atoms with Crippen LogP contribution in [-0.4, -0.2) is 122 Å². The molecule has 3 N–H and O–H groups in total. The number of benzene rings is 2. The van der Waals surface area contributed by atoms with Crippen molar-refractivity contribution in [3.05, 3.63) is 59.7 Å². The van der Waals surface area contributed by atoms with Gasteiger partial charge in [-0.05, 0) is 28.7 Å². The Morgan fingerprint density at radius 1 is 0.717 bits per heavy atom. The molecule has 0 radical (unpaired) electrons. The Hall–Kier alpha value is -3.59. The van der Waals surface area contributed by atoms with Gasteiger partial charge in [0.2, 0.25) is 5.91 Å². The fourth-order valence-corrected chi connectivity index (χ4v) is 4.79. The first-order valence-corrected chi connectivity index (χ1v) is 15.5. The van der Waals surface area contributed by atoms with E-state index in [2.05, 4.69) is 10.6 Å². The second-order valence-electron chi connectivity index (χ2n) is 10.3. The van der Waals surface area contributed by atoms with Crippen molar-refractivity contribution in [1.82, 2.24) is 10.6 Å². The zero-order valence-corrected chi connectivity index (χ0v) is 26.4. The highest BCUT2D eigenvalue weighted by Gasteiger charge is 2.29. The molecular weight excluding hydrogens is 600 g/mol. The standard InChI is InChI=1S/C33H46N2O11/c1-40-14-15-42-18-19-44-22-23-45-21-20-43-17-16-41-13-12-34-31(36)11-10-30(32(37)38)35-33(39)46-24-29-27-8-4-2-6-25(27)26-7-3-5-9-28(26)29/h2-9,29-30H,10-24H2,1H3,(H,34,36)(H,35,39)(H,37,38)/t30-/m1/s1. The Labute approximate surface area is 269 Å². The molecule has 3 rings (SSSR count). The maximum atomic E-state index is 12.5. The van der Waals surface area contributed by atoms with E-state index in [9.17, 15) is 19.5 Å². The number of carboxylic acid groups (broad SMARTS) is 1. The molecule has 0 bridgehead atoms. The molecule has 254 valence electrons. The first kappa shape index (κ1) is 36.9. The number of rotatable bonds is 25. The van der Waals surface area contributed by atoms with Crippen LogP contribution in [0.5, 0.6) is 0 Å². The fraction of sp³-hybridized carbons (Fsp3) is 0.545. The number of hydrogen-bond donors (Lipinski definition) is 3. The van der Waals surface area contributed by atoms with Crippen LogP contribution in [-0.2, 0) is 42.7 Å². The first-order valence-electron chi connectivity index (χ1n) is 15.5. The summed E-state index contributed by atoms with van der Waals surface area (Å²) in [6, 6.07) is 14.6. The van der Waals surface area contributed by atoms with Gasteiger partial charge in [0.25, 0.3) is 0 Å². The highest BCUT2D eigenvalue weighted by Crippen LogP contribution is 2.44. The number of methoxy groups -OCH3 is 1. The van der Waals surface area contributed by atoms with Crippen LogP contribution in [0.25, 0.3) is 11.1 Å². The third-order valence-electron chi connectivity index (χ3n) is 7.08. The molecule has 1 atom stereocenters. The van der Waals surface area contributed by atoms with Gasteiger partial charge < -0.3 is 48.9 Å². The summed E-state index contributed by atoms with van der Waals surface area (Å²) in [6.07, 6.45) is -1.02. The van der Waals surface area contributed by atoms with Gasteiger partial charge in [0, 0.05) is 26.0 Å². The SMILES string of the molecule is COCCOCCOCCOCCOCCOCCNC(=O)CC[C@@H](NC(=O)OCC1c2ccccc2-c2ccccc21)C(=O)O. The summed E-state index contributed by atoms with van der Waals surface area (Å²) in [7, 11) is 1.63. The number of carbonyl (C=O) groups excluding carboxylic acids is 2. The number of ether oxygens (including phenoxy) is 7. The van der Waals surface area contributed by atoms with E-state index >= 15 is 0 Å². The molecule has 13 nitrogen and oxygen atoms in total. The van der Waals surface area contributed by atoms with Crippen molar-refractivity contribution < 1.29 is 52.6 Å². The van der Waals surface area contributed by atoms with Crippen LogP contribution >= 0.6 is 0 Å². The maximum absolute atomic E-state index is 12.5. The number of nitrogens with one attached hydrogen (secondary N) is 2. The largest absolute Gasteiger partial charge is 0.480 e. The molecule has 13 heteroatoms. The Bertz CT molecular complexity index is 1150. The van der Waals surface area contributed by atoms with Crippen LogP contribution in [0.15, 0.2) is 48.5 Å². The normalized spacial score (nSPS) is 12.7. The quantitative estimate of drug-likeness (QED) is 0.136. The number of carbonyl (C=O) groups is 3. The van der Waals surface area contributed by atoms with E-state index in [1.165, 1.54) is 0 Å². The van der Waals surface area contributed by atoms with E-state index in [-0.39, 0.29) is 44.4 Å². The van der Waals surface area contributed by atoms with E-state index in [4.69, 9.17) is 33.2 Å². The minimum absolute atomic E-state index is 0.0635. The molecule has 0 fully saturated rings. The van der Waals surface area contributed by atoms with Gasteiger partial charge in [0.15, 0.2) is 0 Å². The predicted octanol–water partition coefficient (Wildman–Crippen LogP) is 2.60. The lowest BCUT2D eigenvalue weighted by Gasteiger charge is -2.17. The number of carboxylic acids is 1. The number of alkyl carbamates (subject to hydrolysis) is 1. The Kier molecular flexibility index (Phi) is 17.7. The fourth-order valence-electron chi connectivity index (χ4n) is 4.79. The van der Waals surface area contributed by atoms with Gasteiger partial charge in [-0.2, -0.15) is 0 Å². The molecule has 0 aromatic heterocycles. The first-order chi connectivity index (χ1) is 22.5. The lowest BCUT2D eigenvalue weighted by atomic mass is 9.98. The molecular formula is C33H46N2O11. The van der Waals surface area contributed by atoms with Crippen molar-refractivity contribution in [1.29, 1.82) is 0 Å². The van der Waals surface area contributed by atoms with Gasteiger partial charge in [-0.15, -0.1) is 0 Å². The molecule has 0 unspecified atom stereocenters. The summed E-state index contributed by atoms with van der Waals surface area (Å²) in [5.74, 6) is -1.74. The average molecular weight is 647 g/mol. The molecule has 2 amide bonds. The molecule has 0 saturated carbocycles. The van der Waals surface area contributed by atoms with Crippen LogP contribution in [0.4, 0.5) is 4.79 Å². The van der Waals surface area contributed by atoms with Gasteiger partial charge in [-0.1, -0.05) is 48.5 Å². The Morgan fingerprint density at radius 3 is 1.70 bits per heavy atom. The number of amides is 2. The lowest BCUT2D eigenvalue weighted by Crippen LogP contribution is -2.42. The molecule has 0 saturated heterocycles. The molecule has 0 spiro atoms. The number of hydrogen-bond acceptors (Lipinski definition) is 10. The van der Waals surface area contributed by atoms with Gasteiger partial charge in [-0.25, -0.2) is 9.59 Å².